The first kappa shape index (κ1) is 15.2. The molecule has 114 valence electrons. The minimum atomic E-state index is -0.148. The molecule has 0 fully saturated rings. The zero-order chi connectivity index (χ0) is 15.9. The number of hydrogen-bond donors (Lipinski definition) is 0. The van der Waals surface area contributed by atoms with Gasteiger partial charge < -0.3 is 9.36 Å². The van der Waals surface area contributed by atoms with E-state index in [4.69, 9.17) is 0 Å². The SMILES string of the molecule is CC(=O)CC1CCc2c(cc(C)n2-c2ccc(Br)cc2)C1=O. The molecule has 3 nitrogen and oxygen atoms in total. The largest absolute Gasteiger partial charge is 0.317 e. The molecule has 3 rings (SSSR count). The molecule has 22 heavy (non-hydrogen) atoms. The predicted octanol–water partition coefficient (Wildman–Crippen LogP) is 4.27. The lowest BCUT2D eigenvalue weighted by atomic mass is 9.83. The normalized spacial score (nSPS) is 17.4. The molecule has 2 aromatic rings. The predicted molar refractivity (Wildman–Crippen MR) is 89.6 cm³/mol. The number of nitrogens with zero attached hydrogens (tertiary/aromatic N) is 1. The molecule has 1 aliphatic carbocycles. The van der Waals surface area contributed by atoms with Crippen molar-refractivity contribution in [3.63, 3.8) is 0 Å². The molecule has 0 spiro atoms. The summed E-state index contributed by atoms with van der Waals surface area (Å²) < 4.78 is 3.19. The molecule has 4 heteroatoms. The van der Waals surface area contributed by atoms with Gasteiger partial charge in [-0.25, -0.2) is 0 Å². The third-order valence-corrected chi connectivity index (χ3v) is 4.80. The highest BCUT2D eigenvalue weighted by Gasteiger charge is 2.31. The van der Waals surface area contributed by atoms with Crippen molar-refractivity contribution in [1.82, 2.24) is 4.57 Å². The number of aromatic nitrogens is 1. The highest BCUT2D eigenvalue weighted by atomic mass is 79.9. The Morgan fingerprint density at radius 2 is 2.00 bits per heavy atom. The van der Waals surface area contributed by atoms with Gasteiger partial charge in [0.15, 0.2) is 5.78 Å². The first-order valence-corrected chi connectivity index (χ1v) is 8.27. The van der Waals surface area contributed by atoms with E-state index >= 15 is 0 Å². The fourth-order valence-electron chi connectivity index (χ4n) is 3.30. The molecule has 1 unspecified atom stereocenters. The van der Waals surface area contributed by atoms with Gasteiger partial charge in [-0.15, -0.1) is 0 Å². The summed E-state index contributed by atoms with van der Waals surface area (Å²) >= 11 is 3.45. The maximum atomic E-state index is 12.6. The first-order valence-electron chi connectivity index (χ1n) is 7.48. The van der Waals surface area contributed by atoms with Crippen molar-refractivity contribution in [2.45, 2.75) is 33.1 Å². The Morgan fingerprint density at radius 3 is 2.64 bits per heavy atom. The third kappa shape index (κ3) is 2.68. The van der Waals surface area contributed by atoms with Crippen LogP contribution in [0.3, 0.4) is 0 Å². The molecule has 1 aromatic heterocycles. The quantitative estimate of drug-likeness (QED) is 0.820. The number of benzene rings is 1. The van der Waals surface area contributed by atoms with Crippen LogP contribution in [0.4, 0.5) is 0 Å². The number of fused-ring (bicyclic) bond motifs is 1. The van der Waals surface area contributed by atoms with E-state index in [2.05, 4.69) is 20.5 Å². The Balaban J connectivity index is 2.02. The van der Waals surface area contributed by atoms with Gasteiger partial charge in [0.05, 0.1) is 0 Å². The summed E-state index contributed by atoms with van der Waals surface area (Å²) in [6, 6.07) is 10.1. The van der Waals surface area contributed by atoms with E-state index in [0.717, 1.165) is 40.0 Å². The second kappa shape index (κ2) is 5.84. The van der Waals surface area contributed by atoms with Gasteiger partial charge in [-0.05, 0) is 57.0 Å². The Morgan fingerprint density at radius 1 is 1.32 bits per heavy atom. The molecule has 0 saturated heterocycles. The number of aryl methyl sites for hydroxylation is 1. The van der Waals surface area contributed by atoms with Gasteiger partial charge in [-0.3, -0.25) is 4.79 Å². The molecule has 0 radical (unpaired) electrons. The van der Waals surface area contributed by atoms with Crippen molar-refractivity contribution < 1.29 is 9.59 Å². The van der Waals surface area contributed by atoms with E-state index in [9.17, 15) is 9.59 Å². The average molecular weight is 360 g/mol. The van der Waals surface area contributed by atoms with Gasteiger partial charge in [0.2, 0.25) is 0 Å². The van der Waals surface area contributed by atoms with Crippen LogP contribution in [0, 0.1) is 12.8 Å². The van der Waals surface area contributed by atoms with Gasteiger partial charge in [-0.1, -0.05) is 15.9 Å². The Hall–Kier alpha value is -1.68. The zero-order valence-electron chi connectivity index (χ0n) is 12.7. The maximum absolute atomic E-state index is 12.6. The van der Waals surface area contributed by atoms with Crippen molar-refractivity contribution in [2.75, 3.05) is 0 Å². The van der Waals surface area contributed by atoms with Crippen LogP contribution >= 0.6 is 15.9 Å². The molecule has 1 aromatic carbocycles. The maximum Gasteiger partial charge on any atom is 0.168 e. The van der Waals surface area contributed by atoms with Gasteiger partial charge in [-0.2, -0.15) is 0 Å². The molecule has 0 aliphatic heterocycles. The number of halogens is 1. The van der Waals surface area contributed by atoms with Crippen molar-refractivity contribution >= 4 is 27.5 Å². The van der Waals surface area contributed by atoms with Crippen LogP contribution < -0.4 is 0 Å². The minimum Gasteiger partial charge on any atom is -0.317 e. The van der Waals surface area contributed by atoms with Crippen molar-refractivity contribution in [1.29, 1.82) is 0 Å². The number of hydrogen-bond acceptors (Lipinski definition) is 2. The third-order valence-electron chi connectivity index (χ3n) is 4.27. The summed E-state index contributed by atoms with van der Waals surface area (Å²) in [7, 11) is 0. The van der Waals surface area contributed by atoms with E-state index in [0.29, 0.717) is 6.42 Å². The fraction of sp³-hybridized carbons (Fsp3) is 0.333. The Labute approximate surface area is 138 Å². The summed E-state index contributed by atoms with van der Waals surface area (Å²) in [6.07, 6.45) is 1.95. The lowest BCUT2D eigenvalue weighted by molar-refractivity contribution is -0.117. The van der Waals surface area contributed by atoms with E-state index < -0.39 is 0 Å². The fourth-order valence-corrected chi connectivity index (χ4v) is 3.57. The van der Waals surface area contributed by atoms with E-state index in [-0.39, 0.29) is 17.5 Å². The van der Waals surface area contributed by atoms with Crippen LogP contribution in [0.25, 0.3) is 5.69 Å². The lowest BCUT2D eigenvalue weighted by Gasteiger charge is -2.22. The molecule has 1 aliphatic rings. The monoisotopic (exact) mass is 359 g/mol. The van der Waals surface area contributed by atoms with E-state index in [1.807, 2.05) is 37.3 Å². The van der Waals surface area contributed by atoms with Crippen LogP contribution in [-0.2, 0) is 11.2 Å². The number of Topliss-reactive ketones (excluding diaryl/α,β-unsaturated/α-hetero) is 2. The van der Waals surface area contributed by atoms with Gasteiger partial charge in [0, 0.05) is 39.5 Å². The summed E-state index contributed by atoms with van der Waals surface area (Å²) in [5.74, 6) is 0.0615. The second-order valence-electron chi connectivity index (χ2n) is 5.96. The summed E-state index contributed by atoms with van der Waals surface area (Å²) in [5.41, 5.74) is 3.99. The molecule has 0 bridgehead atoms. The van der Waals surface area contributed by atoms with Crippen LogP contribution in [-0.4, -0.2) is 16.1 Å². The highest BCUT2D eigenvalue weighted by molar-refractivity contribution is 9.10. The molecular formula is C18H18BrNO2. The molecule has 0 amide bonds. The van der Waals surface area contributed by atoms with Gasteiger partial charge in [0.1, 0.15) is 5.78 Å². The average Bonchev–Trinajstić information content (AvgIpc) is 2.80. The smallest absolute Gasteiger partial charge is 0.168 e. The van der Waals surface area contributed by atoms with Crippen molar-refractivity contribution in [3.05, 3.63) is 51.8 Å². The summed E-state index contributed by atoms with van der Waals surface area (Å²) in [5, 5.41) is 0. The first-order chi connectivity index (χ1) is 10.5. The topological polar surface area (TPSA) is 39.1 Å². The lowest BCUT2D eigenvalue weighted by Crippen LogP contribution is -2.24. The zero-order valence-corrected chi connectivity index (χ0v) is 14.3. The Bertz CT molecular complexity index is 743. The van der Waals surface area contributed by atoms with Gasteiger partial charge >= 0.3 is 0 Å². The Kier molecular flexibility index (Phi) is 4.04. The minimum absolute atomic E-state index is 0.0888. The van der Waals surface area contributed by atoms with Crippen LogP contribution in [0.1, 0.15) is 41.5 Å². The number of carbonyl (C=O) groups excluding carboxylic acids is 2. The van der Waals surface area contributed by atoms with Crippen LogP contribution in [0.15, 0.2) is 34.8 Å². The van der Waals surface area contributed by atoms with Crippen molar-refractivity contribution in [3.8, 4) is 5.69 Å². The summed E-state index contributed by atoms with van der Waals surface area (Å²) in [6.45, 7) is 3.58. The van der Waals surface area contributed by atoms with Gasteiger partial charge in [0.25, 0.3) is 0 Å². The van der Waals surface area contributed by atoms with Crippen LogP contribution in [0.5, 0.6) is 0 Å². The molecule has 1 atom stereocenters. The highest BCUT2D eigenvalue weighted by Crippen LogP contribution is 2.32. The van der Waals surface area contributed by atoms with Crippen molar-refractivity contribution in [2.24, 2.45) is 5.92 Å². The second-order valence-corrected chi connectivity index (χ2v) is 6.88. The number of ketones is 2. The van der Waals surface area contributed by atoms with Crippen LogP contribution in [0.2, 0.25) is 0 Å². The molecule has 1 heterocycles. The molecule has 0 saturated carbocycles. The van der Waals surface area contributed by atoms with E-state index in [1.165, 1.54) is 0 Å². The van der Waals surface area contributed by atoms with E-state index in [1.54, 1.807) is 6.92 Å². The number of carbonyl (C=O) groups is 2. The number of rotatable bonds is 3. The summed E-state index contributed by atoms with van der Waals surface area (Å²) in [4.78, 5) is 24.0. The molecular weight excluding hydrogens is 342 g/mol. The standard InChI is InChI=1S/C18H18BrNO2/c1-11-9-16-17(8-3-13(18(16)22)10-12(2)21)20(11)15-6-4-14(19)5-7-15/h4-7,9,13H,3,8,10H2,1-2H3. The molecule has 0 N–H and O–H groups in total.